The van der Waals surface area contributed by atoms with E-state index < -0.39 is 9.84 Å². The molecule has 0 N–H and O–H groups in total. The van der Waals surface area contributed by atoms with Crippen LogP contribution in [0.25, 0.3) is 0 Å². The first-order valence-electron chi connectivity index (χ1n) is 4.74. The molecule has 0 unspecified atom stereocenters. The van der Waals surface area contributed by atoms with Crippen LogP contribution in [0.3, 0.4) is 0 Å². The Bertz CT molecular complexity index is 451. The zero-order chi connectivity index (χ0) is 11.6. The first kappa shape index (κ1) is 12.5. The Hall–Kier alpha value is -0.550. The quantitative estimate of drug-likeness (QED) is 0.813. The van der Waals surface area contributed by atoms with E-state index in [1.54, 1.807) is 4.68 Å². The molecule has 15 heavy (non-hydrogen) atoms. The molecular weight excluding hydrogens is 236 g/mol. The summed E-state index contributed by atoms with van der Waals surface area (Å²) in [5.41, 5.74) is 1.86. The van der Waals surface area contributed by atoms with Gasteiger partial charge in [0.2, 0.25) is 0 Å². The molecule has 1 aromatic rings. The maximum atomic E-state index is 11.0. The minimum atomic E-state index is -2.97. The summed E-state index contributed by atoms with van der Waals surface area (Å²) in [5.74, 6) is 0.0665. The first-order valence-corrected chi connectivity index (χ1v) is 7.18. The van der Waals surface area contributed by atoms with Crippen molar-refractivity contribution in [3.63, 3.8) is 0 Å². The van der Waals surface area contributed by atoms with Crippen LogP contribution in [-0.4, -0.2) is 30.2 Å². The van der Waals surface area contributed by atoms with Gasteiger partial charge in [-0.1, -0.05) is 18.5 Å². The lowest BCUT2D eigenvalue weighted by Gasteiger charge is -2.01. The van der Waals surface area contributed by atoms with Gasteiger partial charge in [-0.05, 0) is 13.3 Å². The van der Waals surface area contributed by atoms with E-state index in [0.717, 1.165) is 17.7 Å². The fourth-order valence-electron chi connectivity index (χ4n) is 1.39. The zero-order valence-corrected chi connectivity index (χ0v) is 10.7. The van der Waals surface area contributed by atoms with Crippen molar-refractivity contribution in [2.45, 2.75) is 26.8 Å². The van der Waals surface area contributed by atoms with Crippen molar-refractivity contribution in [2.24, 2.45) is 0 Å². The van der Waals surface area contributed by atoms with Gasteiger partial charge >= 0.3 is 0 Å². The third-order valence-electron chi connectivity index (χ3n) is 2.21. The van der Waals surface area contributed by atoms with Gasteiger partial charge in [-0.15, -0.1) is 0 Å². The Kier molecular flexibility index (Phi) is 3.78. The van der Waals surface area contributed by atoms with Crippen molar-refractivity contribution in [1.82, 2.24) is 9.78 Å². The molecule has 0 aliphatic heterocycles. The van der Waals surface area contributed by atoms with Gasteiger partial charge in [0, 0.05) is 11.8 Å². The summed E-state index contributed by atoms with van der Waals surface area (Å²) in [6, 6.07) is 0. The average molecular weight is 251 g/mol. The van der Waals surface area contributed by atoms with E-state index in [9.17, 15) is 8.42 Å². The van der Waals surface area contributed by atoms with E-state index in [4.69, 9.17) is 11.6 Å². The number of hydrogen-bond acceptors (Lipinski definition) is 3. The van der Waals surface area contributed by atoms with E-state index in [0.29, 0.717) is 11.7 Å². The molecule has 1 heterocycles. The summed E-state index contributed by atoms with van der Waals surface area (Å²) in [4.78, 5) is 0. The number of aryl methyl sites for hydroxylation is 2. The normalized spacial score (nSPS) is 12.0. The van der Waals surface area contributed by atoms with E-state index in [-0.39, 0.29) is 5.75 Å². The third-order valence-corrected chi connectivity index (χ3v) is 3.56. The van der Waals surface area contributed by atoms with Gasteiger partial charge in [0.25, 0.3) is 0 Å². The molecule has 0 atom stereocenters. The highest BCUT2D eigenvalue weighted by molar-refractivity contribution is 7.90. The Morgan fingerprint density at radius 3 is 2.47 bits per heavy atom. The van der Waals surface area contributed by atoms with Crippen molar-refractivity contribution >= 4 is 21.4 Å². The van der Waals surface area contributed by atoms with Crippen molar-refractivity contribution in [3.05, 3.63) is 16.4 Å². The molecule has 1 aromatic heterocycles. The van der Waals surface area contributed by atoms with E-state index in [1.165, 1.54) is 6.26 Å². The Morgan fingerprint density at radius 1 is 1.47 bits per heavy atom. The minimum Gasteiger partial charge on any atom is -0.252 e. The third kappa shape index (κ3) is 3.21. The first-order chi connectivity index (χ1) is 6.85. The predicted molar refractivity (Wildman–Crippen MR) is 61.1 cm³/mol. The lowest BCUT2D eigenvalue weighted by molar-refractivity contribution is 0.585. The molecule has 4 nitrogen and oxygen atoms in total. The molecule has 1 rings (SSSR count). The van der Waals surface area contributed by atoms with Crippen LogP contribution in [0.2, 0.25) is 5.15 Å². The monoisotopic (exact) mass is 250 g/mol. The highest BCUT2D eigenvalue weighted by Gasteiger charge is 2.12. The number of halogens is 1. The fourth-order valence-corrected chi connectivity index (χ4v) is 2.29. The number of nitrogens with zero attached hydrogens (tertiary/aromatic N) is 2. The van der Waals surface area contributed by atoms with Crippen LogP contribution in [0.1, 0.15) is 18.2 Å². The van der Waals surface area contributed by atoms with Crippen molar-refractivity contribution < 1.29 is 8.42 Å². The van der Waals surface area contributed by atoms with E-state index in [2.05, 4.69) is 5.10 Å². The molecule has 0 spiro atoms. The minimum absolute atomic E-state index is 0.0665. The molecule has 0 aromatic carbocycles. The average Bonchev–Trinajstić information content (AvgIpc) is 2.37. The van der Waals surface area contributed by atoms with Crippen LogP contribution >= 0.6 is 11.6 Å². The zero-order valence-electron chi connectivity index (χ0n) is 9.12. The predicted octanol–water partition coefficient (Wildman–Crippen LogP) is 1.45. The van der Waals surface area contributed by atoms with E-state index >= 15 is 0 Å². The summed E-state index contributed by atoms with van der Waals surface area (Å²) in [6.07, 6.45) is 2.02. The second kappa shape index (κ2) is 4.53. The van der Waals surface area contributed by atoms with Crippen molar-refractivity contribution in [3.8, 4) is 0 Å². The van der Waals surface area contributed by atoms with E-state index in [1.807, 2.05) is 13.8 Å². The van der Waals surface area contributed by atoms with Crippen LogP contribution in [0, 0.1) is 6.92 Å². The molecule has 0 radical (unpaired) electrons. The van der Waals surface area contributed by atoms with Gasteiger partial charge in [0.05, 0.1) is 18.0 Å². The second-order valence-corrected chi connectivity index (χ2v) is 6.18. The smallest absolute Gasteiger partial charge is 0.149 e. The van der Waals surface area contributed by atoms with Crippen LogP contribution in [0.15, 0.2) is 0 Å². The molecule has 0 bridgehead atoms. The Labute approximate surface area is 95.2 Å². The van der Waals surface area contributed by atoms with Crippen LogP contribution < -0.4 is 0 Å². The lowest BCUT2D eigenvalue weighted by atomic mass is 10.2. The maximum Gasteiger partial charge on any atom is 0.149 e. The summed E-state index contributed by atoms with van der Waals surface area (Å²) >= 11 is 6.06. The standard InChI is InChI=1S/C9H15ClN2O2S/c1-4-8-7(2)11-12(9(8)10)5-6-15(3,13)14/h4-6H2,1-3H3. The van der Waals surface area contributed by atoms with Gasteiger partial charge < -0.3 is 0 Å². The van der Waals surface area contributed by atoms with Gasteiger partial charge in [-0.3, -0.25) is 4.68 Å². The lowest BCUT2D eigenvalue weighted by Crippen LogP contribution is -2.12. The molecule has 0 amide bonds. The van der Waals surface area contributed by atoms with Crippen LogP contribution in [-0.2, 0) is 22.8 Å². The molecule has 6 heteroatoms. The molecule has 86 valence electrons. The van der Waals surface area contributed by atoms with Crippen LogP contribution in [0.4, 0.5) is 0 Å². The second-order valence-electron chi connectivity index (χ2n) is 3.56. The van der Waals surface area contributed by atoms with Crippen molar-refractivity contribution in [1.29, 1.82) is 0 Å². The fraction of sp³-hybridized carbons (Fsp3) is 0.667. The van der Waals surface area contributed by atoms with Gasteiger partial charge in [0.1, 0.15) is 15.0 Å². The Balaban J connectivity index is 2.88. The summed E-state index contributed by atoms with van der Waals surface area (Å²) in [7, 11) is -2.97. The molecule has 0 saturated carbocycles. The molecular formula is C9H15ClN2O2S. The van der Waals surface area contributed by atoms with Gasteiger partial charge in [-0.2, -0.15) is 5.10 Å². The number of hydrogen-bond donors (Lipinski definition) is 0. The Morgan fingerprint density at radius 2 is 2.07 bits per heavy atom. The maximum absolute atomic E-state index is 11.0. The SMILES string of the molecule is CCc1c(C)nn(CCS(C)(=O)=O)c1Cl. The summed E-state index contributed by atoms with van der Waals surface area (Å²) in [5, 5.41) is 4.76. The molecule has 0 fully saturated rings. The molecule has 0 aliphatic rings. The largest absolute Gasteiger partial charge is 0.252 e. The van der Waals surface area contributed by atoms with Crippen molar-refractivity contribution in [2.75, 3.05) is 12.0 Å². The molecule has 0 aliphatic carbocycles. The summed E-state index contributed by atoms with van der Waals surface area (Å²) in [6.45, 7) is 4.19. The number of rotatable bonds is 4. The highest BCUT2D eigenvalue weighted by atomic mass is 35.5. The number of sulfone groups is 1. The van der Waals surface area contributed by atoms with Gasteiger partial charge in [0.15, 0.2) is 0 Å². The number of aromatic nitrogens is 2. The highest BCUT2D eigenvalue weighted by Crippen LogP contribution is 2.19. The topological polar surface area (TPSA) is 52.0 Å². The molecule has 0 saturated heterocycles. The van der Waals surface area contributed by atoms with Crippen LogP contribution in [0.5, 0.6) is 0 Å². The van der Waals surface area contributed by atoms with Gasteiger partial charge in [-0.25, -0.2) is 8.42 Å². The summed E-state index contributed by atoms with van der Waals surface area (Å²) < 4.78 is 23.5.